The van der Waals surface area contributed by atoms with Crippen molar-refractivity contribution in [3.8, 4) is 0 Å². The Bertz CT molecular complexity index is 2300. The second kappa shape index (κ2) is 24.2. The molecule has 2 aromatic carbocycles. The van der Waals surface area contributed by atoms with Crippen LogP contribution in [0.1, 0.15) is 60.0 Å². The number of amides is 8. The predicted molar refractivity (Wildman–Crippen MR) is 228 cm³/mol. The van der Waals surface area contributed by atoms with E-state index in [0.29, 0.717) is 12.0 Å². The summed E-state index contributed by atoms with van der Waals surface area (Å²) >= 11 is 0. The number of carboxylic acid groups (broad SMARTS) is 1. The van der Waals surface area contributed by atoms with Gasteiger partial charge in [-0.25, -0.2) is 9.78 Å². The number of anilines is 1. The summed E-state index contributed by atoms with van der Waals surface area (Å²) < 4.78 is 32.6. The van der Waals surface area contributed by atoms with E-state index < -0.39 is 94.7 Å². The molecule has 1 aromatic heterocycles. The summed E-state index contributed by atoms with van der Waals surface area (Å²) in [6, 6.07) is 10.7. The van der Waals surface area contributed by atoms with E-state index in [2.05, 4.69) is 52.7 Å². The molecule has 0 unspecified atom stereocenters. The SMILES string of the molecule is NC(=O)NCCC[C@@H]1NC(=O)[C@H](CCCCNC(=O)c2ccc(N/N=C/c3ccccc3S(=O)(=O)O)nc2)NC(=O)[C@@H](Cc2ccccc2)NC(=O)[C@H](CC(=O)O)NC(=O)CNC1=O. The number of nitrogens with two attached hydrogens (primary N) is 1. The molecule has 4 atom stereocenters. The molecule has 0 aliphatic carbocycles. The van der Waals surface area contributed by atoms with Crippen LogP contribution >= 0.6 is 0 Å². The number of rotatable bonds is 18. The molecule has 342 valence electrons. The van der Waals surface area contributed by atoms with Crippen LogP contribution in [0.5, 0.6) is 0 Å². The van der Waals surface area contributed by atoms with Crippen molar-refractivity contribution in [1.82, 2.24) is 42.2 Å². The highest BCUT2D eigenvalue weighted by atomic mass is 32.2. The minimum absolute atomic E-state index is 0.0180. The molecular formula is C40H49N11O12S. The molecule has 8 amide bonds. The van der Waals surface area contributed by atoms with Crippen molar-refractivity contribution < 1.29 is 56.4 Å². The van der Waals surface area contributed by atoms with Gasteiger partial charge in [-0.05, 0) is 55.9 Å². The number of primary amides is 1. The van der Waals surface area contributed by atoms with Crippen molar-refractivity contribution in [2.45, 2.75) is 74.0 Å². The number of urea groups is 1. The Hall–Kier alpha value is -7.47. The highest BCUT2D eigenvalue weighted by Crippen LogP contribution is 2.14. The topological polar surface area (TPSA) is 359 Å². The quantitative estimate of drug-likeness (QED) is 0.0313. The van der Waals surface area contributed by atoms with E-state index in [4.69, 9.17) is 5.73 Å². The molecule has 1 fully saturated rings. The Kier molecular flexibility index (Phi) is 18.6. The number of nitrogens with zero attached hydrogens (tertiary/aromatic N) is 2. The lowest BCUT2D eigenvalue weighted by molar-refractivity contribution is -0.141. The molecule has 0 spiro atoms. The zero-order chi connectivity index (χ0) is 46.6. The van der Waals surface area contributed by atoms with Crippen molar-refractivity contribution in [1.29, 1.82) is 0 Å². The van der Waals surface area contributed by atoms with Crippen LogP contribution in [0, 0.1) is 0 Å². The normalized spacial score (nSPS) is 18.8. The van der Waals surface area contributed by atoms with Crippen LogP contribution in [0.15, 0.2) is 82.9 Å². The number of aromatic nitrogens is 1. The van der Waals surface area contributed by atoms with E-state index in [0.717, 1.165) is 0 Å². The van der Waals surface area contributed by atoms with E-state index in [-0.39, 0.29) is 67.0 Å². The number of pyridine rings is 1. The number of carbonyl (C=O) groups is 8. The van der Waals surface area contributed by atoms with Crippen LogP contribution in [0.4, 0.5) is 10.6 Å². The van der Waals surface area contributed by atoms with Crippen molar-refractivity contribution in [3.63, 3.8) is 0 Å². The first-order chi connectivity index (χ1) is 30.5. The Morgan fingerprint density at radius 2 is 1.39 bits per heavy atom. The van der Waals surface area contributed by atoms with Crippen molar-refractivity contribution >= 4 is 69.6 Å². The van der Waals surface area contributed by atoms with Crippen LogP contribution in [0.3, 0.4) is 0 Å². The van der Waals surface area contributed by atoms with Gasteiger partial charge in [0.25, 0.3) is 16.0 Å². The van der Waals surface area contributed by atoms with E-state index in [1.54, 1.807) is 36.4 Å². The third-order valence-electron chi connectivity index (χ3n) is 9.41. The van der Waals surface area contributed by atoms with E-state index >= 15 is 0 Å². The molecule has 24 heteroatoms. The van der Waals surface area contributed by atoms with Gasteiger partial charge in [0.1, 0.15) is 34.9 Å². The lowest BCUT2D eigenvalue weighted by Gasteiger charge is -2.26. The molecule has 2 heterocycles. The van der Waals surface area contributed by atoms with Gasteiger partial charge < -0.3 is 48.1 Å². The van der Waals surface area contributed by atoms with Crippen molar-refractivity contribution in [2.75, 3.05) is 25.1 Å². The summed E-state index contributed by atoms with van der Waals surface area (Å²) in [5.74, 6) is -6.07. The third-order valence-corrected chi connectivity index (χ3v) is 10.3. The van der Waals surface area contributed by atoms with Crippen LogP contribution in [-0.2, 0) is 45.3 Å². The second-order valence-electron chi connectivity index (χ2n) is 14.3. The molecule has 0 bridgehead atoms. The number of hydrazone groups is 1. The van der Waals surface area contributed by atoms with E-state index in [9.17, 15) is 56.4 Å². The zero-order valence-electron chi connectivity index (χ0n) is 34.2. The third kappa shape index (κ3) is 16.4. The fraction of sp³-hybridized carbons (Fsp3) is 0.350. The average Bonchev–Trinajstić information content (AvgIpc) is 3.25. The number of hydrogen-bond acceptors (Lipinski definition) is 13. The molecule has 0 radical (unpaired) electrons. The maximum atomic E-state index is 14.0. The van der Waals surface area contributed by atoms with E-state index in [1.165, 1.54) is 42.7 Å². The predicted octanol–water partition coefficient (Wildman–Crippen LogP) is -1.09. The van der Waals surface area contributed by atoms with Crippen LogP contribution in [-0.4, -0.2) is 121 Å². The maximum Gasteiger partial charge on any atom is 0.312 e. The van der Waals surface area contributed by atoms with Crippen molar-refractivity contribution in [3.05, 3.63) is 89.6 Å². The molecule has 0 saturated carbocycles. The Labute approximate surface area is 366 Å². The summed E-state index contributed by atoms with van der Waals surface area (Å²) in [6.07, 6.45) is 2.13. The fourth-order valence-corrected chi connectivity index (χ4v) is 6.88. The van der Waals surface area contributed by atoms with Crippen LogP contribution in [0.25, 0.3) is 0 Å². The Morgan fingerprint density at radius 3 is 2.06 bits per heavy atom. The number of benzene rings is 2. The number of nitrogens with one attached hydrogen (secondary N) is 8. The molecular weight excluding hydrogens is 859 g/mol. The summed E-state index contributed by atoms with van der Waals surface area (Å²) in [4.78, 5) is 107. The first kappa shape index (κ1) is 49.2. The smallest absolute Gasteiger partial charge is 0.312 e. The lowest BCUT2D eigenvalue weighted by atomic mass is 10.0. The van der Waals surface area contributed by atoms with Gasteiger partial charge in [-0.3, -0.25) is 43.5 Å². The molecule has 3 aromatic rings. The summed E-state index contributed by atoms with van der Waals surface area (Å²) in [5, 5.41) is 30.9. The first-order valence-electron chi connectivity index (χ1n) is 19.9. The highest BCUT2D eigenvalue weighted by molar-refractivity contribution is 7.86. The number of carbonyl (C=O) groups excluding carboxylic acids is 7. The molecule has 12 N–H and O–H groups in total. The van der Waals surface area contributed by atoms with Crippen molar-refractivity contribution in [2.24, 2.45) is 10.8 Å². The molecule has 1 aliphatic heterocycles. The number of hydrogen-bond donors (Lipinski definition) is 11. The van der Waals surface area contributed by atoms with Crippen LogP contribution in [0.2, 0.25) is 0 Å². The van der Waals surface area contributed by atoms with Crippen LogP contribution < -0.4 is 48.4 Å². The van der Waals surface area contributed by atoms with Gasteiger partial charge >= 0.3 is 12.0 Å². The van der Waals surface area contributed by atoms with Gasteiger partial charge in [0, 0.05) is 31.3 Å². The fourth-order valence-electron chi connectivity index (χ4n) is 6.21. The highest BCUT2D eigenvalue weighted by Gasteiger charge is 2.33. The molecule has 1 aliphatic rings. The minimum atomic E-state index is -4.48. The minimum Gasteiger partial charge on any atom is -0.481 e. The van der Waals surface area contributed by atoms with Gasteiger partial charge in [-0.2, -0.15) is 13.5 Å². The second-order valence-corrected chi connectivity index (χ2v) is 15.7. The van der Waals surface area contributed by atoms with Gasteiger partial charge in [-0.15, -0.1) is 0 Å². The molecule has 1 saturated heterocycles. The van der Waals surface area contributed by atoms with Gasteiger partial charge in [0.05, 0.1) is 24.7 Å². The number of carboxylic acids is 1. The summed E-state index contributed by atoms with van der Waals surface area (Å²) in [5.41, 5.74) is 8.65. The average molecular weight is 908 g/mol. The standard InChI is InChI=1S/C40H49N11O12S/c41-40(60)43-18-8-13-27-36(56)45-23-33(52)47-30(20-34(53)54)39(59)50-29(19-24-9-2-1-3-10-24)38(58)49-28(37(57)48-27)12-6-7-17-42-35(55)26-15-16-32(44-21-26)51-46-22-25-11-4-5-14-31(25)64(61,62)63/h1-5,9-11,14-16,21-22,27-30H,6-8,12-13,17-20,23H2,(H,42,55)(H,44,51)(H,45,56)(H,47,52)(H,48,57)(H,49,58)(H,50,59)(H,53,54)(H3,41,43,60)(H,61,62,63)/b46-22+/t27-,28-,29+,30-/m0/s1. The summed E-state index contributed by atoms with van der Waals surface area (Å²) in [6.45, 7) is -0.539. The van der Waals surface area contributed by atoms with Gasteiger partial charge in [0.2, 0.25) is 29.5 Å². The Morgan fingerprint density at radius 1 is 0.766 bits per heavy atom. The van der Waals surface area contributed by atoms with Gasteiger partial charge in [-0.1, -0.05) is 48.5 Å². The molecule has 64 heavy (non-hydrogen) atoms. The zero-order valence-corrected chi connectivity index (χ0v) is 35.1. The molecule has 4 rings (SSSR count). The van der Waals surface area contributed by atoms with E-state index in [1.807, 2.05) is 0 Å². The lowest BCUT2D eigenvalue weighted by Crippen LogP contribution is -2.58. The monoisotopic (exact) mass is 907 g/mol. The number of unbranched alkanes of at least 4 members (excludes halogenated alkanes) is 1. The number of aliphatic carboxylic acids is 1. The van der Waals surface area contributed by atoms with Gasteiger partial charge in [0.15, 0.2) is 0 Å². The Balaban J connectivity index is 1.46. The molecule has 23 nitrogen and oxygen atoms in total. The maximum absolute atomic E-state index is 14.0. The summed E-state index contributed by atoms with van der Waals surface area (Å²) in [7, 11) is -4.48. The first-order valence-corrected chi connectivity index (χ1v) is 21.3. The largest absolute Gasteiger partial charge is 0.481 e.